The number of rotatable bonds is 3. The van der Waals surface area contributed by atoms with Gasteiger partial charge in [0.1, 0.15) is 5.75 Å². The van der Waals surface area contributed by atoms with Gasteiger partial charge in [0, 0.05) is 10.0 Å². The highest BCUT2D eigenvalue weighted by molar-refractivity contribution is 6.35. The molecule has 0 bridgehead atoms. The van der Waals surface area contributed by atoms with Crippen molar-refractivity contribution >= 4 is 34.8 Å². The Morgan fingerprint density at radius 1 is 1.20 bits per heavy atom. The van der Waals surface area contributed by atoms with Gasteiger partial charge in [-0.1, -0.05) is 35.3 Å². The van der Waals surface area contributed by atoms with E-state index in [1.807, 2.05) is 13.0 Å². The third kappa shape index (κ3) is 3.65. The van der Waals surface area contributed by atoms with Crippen molar-refractivity contribution in [2.75, 3.05) is 5.32 Å². The average molecular weight is 310 g/mol. The van der Waals surface area contributed by atoms with E-state index >= 15 is 0 Å². The molecule has 2 aromatic rings. The number of aryl methyl sites for hydroxylation is 1. The first-order chi connectivity index (χ1) is 9.45. The molecule has 0 aromatic heterocycles. The molecule has 0 aliphatic heterocycles. The van der Waals surface area contributed by atoms with Gasteiger partial charge in [0.25, 0.3) is 0 Å². The number of benzene rings is 2. The topological polar surface area (TPSA) is 49.3 Å². The Kier molecular flexibility index (Phi) is 4.53. The monoisotopic (exact) mass is 309 g/mol. The number of amides is 1. The van der Waals surface area contributed by atoms with Crippen LogP contribution in [0, 0.1) is 6.92 Å². The molecule has 0 spiro atoms. The number of phenolic OH excluding ortho intramolecular Hbond substituents is 1. The molecule has 3 nitrogen and oxygen atoms in total. The zero-order valence-corrected chi connectivity index (χ0v) is 12.3. The van der Waals surface area contributed by atoms with Crippen molar-refractivity contribution in [3.63, 3.8) is 0 Å². The molecule has 2 N–H and O–H groups in total. The lowest BCUT2D eigenvalue weighted by Crippen LogP contribution is -2.14. The lowest BCUT2D eigenvalue weighted by Gasteiger charge is -2.09. The minimum absolute atomic E-state index is 0.0422. The third-order valence-corrected chi connectivity index (χ3v) is 3.38. The van der Waals surface area contributed by atoms with Crippen LogP contribution in [0.3, 0.4) is 0 Å². The van der Waals surface area contributed by atoms with Crippen LogP contribution in [0.1, 0.15) is 11.1 Å². The molecule has 1 amide bonds. The molecule has 0 fully saturated rings. The Labute approximate surface area is 127 Å². The Morgan fingerprint density at radius 2 is 1.95 bits per heavy atom. The predicted molar refractivity (Wildman–Crippen MR) is 81.6 cm³/mol. The molecule has 0 atom stereocenters. The van der Waals surface area contributed by atoms with E-state index in [1.54, 1.807) is 30.3 Å². The highest BCUT2D eigenvalue weighted by atomic mass is 35.5. The number of phenols is 1. The summed E-state index contributed by atoms with van der Waals surface area (Å²) in [7, 11) is 0. The maximum atomic E-state index is 11.9. The van der Waals surface area contributed by atoms with Crippen LogP contribution in [0.15, 0.2) is 36.4 Å². The first-order valence-electron chi connectivity index (χ1n) is 5.99. The van der Waals surface area contributed by atoms with Crippen molar-refractivity contribution < 1.29 is 9.90 Å². The predicted octanol–water partition coefficient (Wildman–Crippen LogP) is 4.19. The molecule has 0 aliphatic carbocycles. The van der Waals surface area contributed by atoms with E-state index in [0.29, 0.717) is 21.3 Å². The second kappa shape index (κ2) is 6.16. The molecule has 104 valence electrons. The highest BCUT2D eigenvalue weighted by Gasteiger charge is 2.10. The van der Waals surface area contributed by atoms with Gasteiger partial charge < -0.3 is 10.4 Å². The summed E-state index contributed by atoms with van der Waals surface area (Å²) < 4.78 is 0. The van der Waals surface area contributed by atoms with Gasteiger partial charge in [-0.25, -0.2) is 0 Å². The van der Waals surface area contributed by atoms with Crippen molar-refractivity contribution in [1.82, 2.24) is 0 Å². The molecule has 0 aliphatic rings. The molecule has 2 rings (SSSR count). The summed E-state index contributed by atoms with van der Waals surface area (Å²) in [6, 6.07) is 10.0. The Hall–Kier alpha value is -1.71. The maximum Gasteiger partial charge on any atom is 0.228 e. The van der Waals surface area contributed by atoms with Crippen LogP contribution in [0.25, 0.3) is 0 Å². The van der Waals surface area contributed by atoms with Crippen molar-refractivity contribution in [3.05, 3.63) is 57.6 Å². The van der Waals surface area contributed by atoms with Gasteiger partial charge in [0.2, 0.25) is 5.91 Å². The van der Waals surface area contributed by atoms with Crippen LogP contribution >= 0.6 is 23.2 Å². The minimum Gasteiger partial charge on any atom is -0.506 e. The van der Waals surface area contributed by atoms with Crippen molar-refractivity contribution in [2.24, 2.45) is 0 Å². The zero-order valence-electron chi connectivity index (χ0n) is 10.8. The fourth-order valence-corrected chi connectivity index (χ4v) is 2.26. The van der Waals surface area contributed by atoms with Crippen LogP contribution in [0.4, 0.5) is 5.69 Å². The number of carbonyl (C=O) groups excluding carboxylic acids is 1. The number of aromatic hydroxyl groups is 1. The average Bonchev–Trinajstić information content (AvgIpc) is 2.36. The number of carbonyl (C=O) groups is 1. The van der Waals surface area contributed by atoms with Gasteiger partial charge in [-0.3, -0.25) is 4.79 Å². The lowest BCUT2D eigenvalue weighted by atomic mass is 10.1. The zero-order chi connectivity index (χ0) is 14.7. The van der Waals surface area contributed by atoms with Gasteiger partial charge >= 0.3 is 0 Å². The molecule has 0 saturated heterocycles. The largest absolute Gasteiger partial charge is 0.506 e. The van der Waals surface area contributed by atoms with Gasteiger partial charge in [0.15, 0.2) is 0 Å². The van der Waals surface area contributed by atoms with E-state index < -0.39 is 0 Å². The molecular formula is C15H13Cl2NO2. The molecule has 0 unspecified atom stereocenters. The highest BCUT2D eigenvalue weighted by Crippen LogP contribution is 2.25. The first-order valence-corrected chi connectivity index (χ1v) is 6.74. The number of nitrogens with one attached hydrogen (secondary N) is 1. The second-order valence-corrected chi connectivity index (χ2v) is 5.32. The van der Waals surface area contributed by atoms with Crippen LogP contribution in [0.5, 0.6) is 5.75 Å². The number of hydrogen-bond acceptors (Lipinski definition) is 2. The van der Waals surface area contributed by atoms with E-state index in [4.69, 9.17) is 23.2 Å². The first kappa shape index (κ1) is 14.7. The van der Waals surface area contributed by atoms with Crippen LogP contribution in [0.2, 0.25) is 10.0 Å². The minimum atomic E-state index is -0.256. The summed E-state index contributed by atoms with van der Waals surface area (Å²) in [5.41, 5.74) is 1.98. The van der Waals surface area contributed by atoms with Gasteiger partial charge in [0.05, 0.1) is 12.1 Å². The maximum absolute atomic E-state index is 11.9. The molecule has 0 radical (unpaired) electrons. The second-order valence-electron chi connectivity index (χ2n) is 4.48. The SMILES string of the molecule is Cc1ccc(NC(=O)Cc2ccc(Cl)cc2Cl)c(O)c1. The van der Waals surface area contributed by atoms with E-state index in [0.717, 1.165) is 5.56 Å². The fraction of sp³-hybridized carbons (Fsp3) is 0.133. The molecule has 0 saturated carbocycles. The Morgan fingerprint density at radius 3 is 2.60 bits per heavy atom. The number of hydrogen-bond donors (Lipinski definition) is 2. The normalized spacial score (nSPS) is 10.3. The van der Waals surface area contributed by atoms with Crippen LogP contribution < -0.4 is 5.32 Å². The molecular weight excluding hydrogens is 297 g/mol. The van der Waals surface area contributed by atoms with E-state index in [9.17, 15) is 9.90 Å². The lowest BCUT2D eigenvalue weighted by molar-refractivity contribution is -0.115. The number of halogens is 2. The van der Waals surface area contributed by atoms with Crippen molar-refractivity contribution in [3.8, 4) is 5.75 Å². The summed E-state index contributed by atoms with van der Waals surface area (Å²) >= 11 is 11.8. The standard InChI is InChI=1S/C15H13Cl2NO2/c1-9-2-5-13(14(19)6-9)18-15(20)7-10-3-4-11(16)8-12(10)17/h2-6,8,19H,7H2,1H3,(H,18,20). The third-order valence-electron chi connectivity index (χ3n) is 2.79. The Balaban J connectivity index is 2.09. The van der Waals surface area contributed by atoms with Gasteiger partial charge in [-0.05, 0) is 42.3 Å². The van der Waals surface area contributed by atoms with Gasteiger partial charge in [-0.15, -0.1) is 0 Å². The van der Waals surface area contributed by atoms with E-state index in [1.165, 1.54) is 0 Å². The van der Waals surface area contributed by atoms with Crippen LogP contribution in [-0.4, -0.2) is 11.0 Å². The van der Waals surface area contributed by atoms with Crippen molar-refractivity contribution in [1.29, 1.82) is 0 Å². The molecule has 0 heterocycles. The van der Waals surface area contributed by atoms with E-state index in [2.05, 4.69) is 5.32 Å². The summed E-state index contributed by atoms with van der Waals surface area (Å²) in [5, 5.41) is 13.4. The summed E-state index contributed by atoms with van der Waals surface area (Å²) in [5.74, 6) is -0.214. The molecule has 5 heteroatoms. The Bertz CT molecular complexity index is 601. The summed E-state index contributed by atoms with van der Waals surface area (Å²) in [6.45, 7) is 1.86. The van der Waals surface area contributed by atoms with E-state index in [-0.39, 0.29) is 18.1 Å². The van der Waals surface area contributed by atoms with Gasteiger partial charge in [-0.2, -0.15) is 0 Å². The van der Waals surface area contributed by atoms with Crippen molar-refractivity contribution in [2.45, 2.75) is 13.3 Å². The molecule has 2 aromatic carbocycles. The summed E-state index contributed by atoms with van der Waals surface area (Å²) in [4.78, 5) is 11.9. The molecule has 20 heavy (non-hydrogen) atoms. The smallest absolute Gasteiger partial charge is 0.228 e. The quantitative estimate of drug-likeness (QED) is 0.835. The fourth-order valence-electron chi connectivity index (χ4n) is 1.78. The van der Waals surface area contributed by atoms with Crippen LogP contribution in [-0.2, 0) is 11.2 Å². The summed E-state index contributed by atoms with van der Waals surface area (Å²) in [6.07, 6.45) is 0.114. The number of anilines is 1.